The lowest BCUT2D eigenvalue weighted by molar-refractivity contribution is 0.0821. The molecule has 0 bridgehead atoms. The van der Waals surface area contributed by atoms with Crippen molar-refractivity contribution >= 4 is 22.8 Å². The first-order valence-electron chi connectivity index (χ1n) is 5.49. The highest BCUT2D eigenvalue weighted by Gasteiger charge is 2.19. The van der Waals surface area contributed by atoms with Crippen LogP contribution >= 0.6 is 11.6 Å². The lowest BCUT2D eigenvalue weighted by Crippen LogP contribution is -2.38. The van der Waals surface area contributed by atoms with E-state index in [4.69, 9.17) is 16.7 Å². The molecule has 2 heterocycles. The Bertz CT molecular complexity index is 745. The summed E-state index contributed by atoms with van der Waals surface area (Å²) in [5.74, 6) is 0. The molecule has 0 saturated heterocycles. The second-order valence-electron chi connectivity index (χ2n) is 4.21. The summed E-state index contributed by atoms with van der Waals surface area (Å²) in [6, 6.07) is 0. The van der Waals surface area contributed by atoms with Crippen LogP contribution in [0.3, 0.4) is 0 Å². The molecule has 9 heteroatoms. The predicted molar refractivity (Wildman–Crippen MR) is 68.3 cm³/mol. The minimum absolute atomic E-state index is 0.0270. The van der Waals surface area contributed by atoms with Gasteiger partial charge in [0.15, 0.2) is 11.2 Å². The van der Waals surface area contributed by atoms with E-state index in [1.807, 2.05) is 0 Å². The summed E-state index contributed by atoms with van der Waals surface area (Å²) < 4.78 is 3.41. The molecule has 19 heavy (non-hydrogen) atoms. The Kier molecular flexibility index (Phi) is 3.48. The average Bonchev–Trinajstić information content (AvgIpc) is 2.71. The van der Waals surface area contributed by atoms with Crippen molar-refractivity contribution in [3.8, 4) is 0 Å². The Balaban J connectivity index is 2.83. The van der Waals surface area contributed by atoms with Crippen molar-refractivity contribution in [3.05, 3.63) is 26.1 Å². The highest BCUT2D eigenvalue weighted by Crippen LogP contribution is 2.15. The SMILES string of the molecule is Cn1c(=O)c2c(nc(Cl)n2C[C@@H](O)CO)n(C)c1=O. The number of hydrogen-bond donors (Lipinski definition) is 2. The van der Waals surface area contributed by atoms with Gasteiger partial charge in [0.25, 0.3) is 5.56 Å². The van der Waals surface area contributed by atoms with Crippen molar-refractivity contribution in [2.24, 2.45) is 14.1 Å². The van der Waals surface area contributed by atoms with Crippen molar-refractivity contribution in [1.29, 1.82) is 0 Å². The summed E-state index contributed by atoms with van der Waals surface area (Å²) >= 11 is 5.91. The molecule has 0 radical (unpaired) electrons. The third-order valence-corrected chi connectivity index (χ3v) is 3.19. The van der Waals surface area contributed by atoms with Crippen molar-refractivity contribution < 1.29 is 10.2 Å². The first kappa shape index (κ1) is 13.8. The van der Waals surface area contributed by atoms with Gasteiger partial charge in [-0.1, -0.05) is 0 Å². The Morgan fingerprint density at radius 1 is 1.32 bits per heavy atom. The molecule has 1 atom stereocenters. The van der Waals surface area contributed by atoms with Crippen LogP contribution in [0.15, 0.2) is 9.59 Å². The van der Waals surface area contributed by atoms with E-state index in [0.29, 0.717) is 0 Å². The third kappa shape index (κ3) is 2.07. The molecule has 0 unspecified atom stereocenters. The Labute approximate surface area is 112 Å². The number of nitrogens with zero attached hydrogens (tertiary/aromatic N) is 4. The van der Waals surface area contributed by atoms with Gasteiger partial charge in [0.1, 0.15) is 0 Å². The number of aromatic nitrogens is 4. The van der Waals surface area contributed by atoms with Crippen LogP contribution in [0.2, 0.25) is 5.28 Å². The monoisotopic (exact) mass is 288 g/mol. The van der Waals surface area contributed by atoms with Crippen LogP contribution in [0.1, 0.15) is 0 Å². The van der Waals surface area contributed by atoms with Crippen LogP contribution in [0.4, 0.5) is 0 Å². The Morgan fingerprint density at radius 2 is 1.95 bits per heavy atom. The zero-order valence-corrected chi connectivity index (χ0v) is 11.1. The first-order valence-corrected chi connectivity index (χ1v) is 5.87. The number of aryl methyl sites for hydroxylation is 1. The molecular weight excluding hydrogens is 276 g/mol. The van der Waals surface area contributed by atoms with Crippen LogP contribution in [-0.4, -0.2) is 41.6 Å². The molecule has 0 saturated carbocycles. The molecule has 2 aromatic rings. The average molecular weight is 289 g/mol. The van der Waals surface area contributed by atoms with Gasteiger partial charge < -0.3 is 14.8 Å². The van der Waals surface area contributed by atoms with Crippen LogP contribution in [0.5, 0.6) is 0 Å². The van der Waals surface area contributed by atoms with E-state index in [9.17, 15) is 14.7 Å². The van der Waals surface area contributed by atoms with Crippen LogP contribution in [-0.2, 0) is 20.6 Å². The van der Waals surface area contributed by atoms with Gasteiger partial charge in [-0.25, -0.2) is 4.79 Å². The van der Waals surface area contributed by atoms with Gasteiger partial charge in [-0.05, 0) is 11.6 Å². The predicted octanol–water partition coefficient (Wildman–Crippen LogP) is -1.56. The van der Waals surface area contributed by atoms with Gasteiger partial charge in [-0.15, -0.1) is 0 Å². The fraction of sp³-hybridized carbons (Fsp3) is 0.500. The van der Waals surface area contributed by atoms with Crippen LogP contribution in [0.25, 0.3) is 11.2 Å². The number of aliphatic hydroxyl groups excluding tert-OH is 2. The highest BCUT2D eigenvalue weighted by atomic mass is 35.5. The van der Waals surface area contributed by atoms with Crippen LogP contribution < -0.4 is 11.2 Å². The maximum Gasteiger partial charge on any atom is 0.332 e. The molecule has 0 amide bonds. The first-order chi connectivity index (χ1) is 8.88. The van der Waals surface area contributed by atoms with Crippen molar-refractivity contribution in [2.75, 3.05) is 6.61 Å². The molecule has 2 aromatic heterocycles. The summed E-state index contributed by atoms with van der Waals surface area (Å²) in [4.78, 5) is 27.8. The summed E-state index contributed by atoms with van der Waals surface area (Å²) in [6.45, 7) is -0.554. The number of hydrogen-bond acceptors (Lipinski definition) is 5. The summed E-state index contributed by atoms with van der Waals surface area (Å²) in [6.07, 6.45) is -1.07. The number of aliphatic hydroxyl groups is 2. The Morgan fingerprint density at radius 3 is 2.53 bits per heavy atom. The molecule has 0 aliphatic heterocycles. The fourth-order valence-corrected chi connectivity index (χ4v) is 2.09. The smallest absolute Gasteiger partial charge is 0.332 e. The number of halogens is 1. The number of fused-ring (bicyclic) bond motifs is 1. The lowest BCUT2D eigenvalue weighted by atomic mass is 10.3. The normalized spacial score (nSPS) is 13.1. The largest absolute Gasteiger partial charge is 0.394 e. The van der Waals surface area contributed by atoms with Crippen molar-refractivity contribution in [2.45, 2.75) is 12.6 Å². The molecule has 0 aromatic carbocycles. The zero-order valence-electron chi connectivity index (χ0n) is 10.4. The summed E-state index contributed by atoms with van der Waals surface area (Å²) in [5.41, 5.74) is -0.811. The maximum absolute atomic E-state index is 12.1. The maximum atomic E-state index is 12.1. The standard InChI is InChI=1S/C10H13ClN4O4/c1-13-7-6(8(18)14(2)10(13)19)15(9(11)12-7)3-5(17)4-16/h5,16-17H,3-4H2,1-2H3/t5-/m1/s1. The second-order valence-corrected chi connectivity index (χ2v) is 4.54. The van der Waals surface area contributed by atoms with Gasteiger partial charge in [0, 0.05) is 14.1 Å². The molecule has 104 valence electrons. The highest BCUT2D eigenvalue weighted by molar-refractivity contribution is 6.29. The molecule has 0 aliphatic carbocycles. The van der Waals surface area contributed by atoms with Gasteiger partial charge in [0.2, 0.25) is 5.28 Å². The quantitative estimate of drug-likeness (QED) is 0.665. The van der Waals surface area contributed by atoms with Gasteiger partial charge in [0.05, 0.1) is 19.3 Å². The third-order valence-electron chi connectivity index (χ3n) is 2.91. The van der Waals surface area contributed by atoms with E-state index in [1.165, 1.54) is 23.2 Å². The zero-order chi connectivity index (χ0) is 14.3. The Hall–Kier alpha value is -1.64. The topological polar surface area (TPSA) is 102 Å². The number of rotatable bonds is 3. The summed E-state index contributed by atoms with van der Waals surface area (Å²) in [5, 5.41) is 18.3. The van der Waals surface area contributed by atoms with Gasteiger partial charge in [-0.3, -0.25) is 13.9 Å². The molecule has 8 nitrogen and oxygen atoms in total. The molecule has 0 fully saturated rings. The van der Waals surface area contributed by atoms with E-state index in [2.05, 4.69) is 4.98 Å². The van der Waals surface area contributed by atoms with E-state index >= 15 is 0 Å². The molecule has 0 aliphatic rings. The van der Waals surface area contributed by atoms with E-state index in [-0.39, 0.29) is 23.0 Å². The van der Waals surface area contributed by atoms with Gasteiger partial charge in [-0.2, -0.15) is 4.98 Å². The van der Waals surface area contributed by atoms with E-state index in [0.717, 1.165) is 4.57 Å². The molecule has 2 N–H and O–H groups in total. The molecular formula is C10H13ClN4O4. The second kappa shape index (κ2) is 4.80. The minimum atomic E-state index is -1.07. The number of imidazole rings is 1. The fourth-order valence-electron chi connectivity index (χ4n) is 1.86. The minimum Gasteiger partial charge on any atom is -0.394 e. The van der Waals surface area contributed by atoms with Gasteiger partial charge >= 0.3 is 5.69 Å². The summed E-state index contributed by atoms with van der Waals surface area (Å²) in [7, 11) is 2.82. The van der Waals surface area contributed by atoms with Crippen molar-refractivity contribution in [3.63, 3.8) is 0 Å². The molecule has 0 spiro atoms. The molecule has 2 rings (SSSR count). The lowest BCUT2D eigenvalue weighted by Gasteiger charge is -2.10. The van der Waals surface area contributed by atoms with E-state index in [1.54, 1.807) is 0 Å². The van der Waals surface area contributed by atoms with Crippen molar-refractivity contribution in [1.82, 2.24) is 18.7 Å². The van der Waals surface area contributed by atoms with E-state index < -0.39 is 24.0 Å². The van der Waals surface area contributed by atoms with Crippen LogP contribution in [0, 0.1) is 0 Å².